The molecule has 2 aliphatic heterocycles. The van der Waals surface area contributed by atoms with Gasteiger partial charge >= 0.3 is 12.1 Å². The third-order valence-corrected chi connectivity index (χ3v) is 14.3. The van der Waals surface area contributed by atoms with E-state index in [0.717, 1.165) is 11.8 Å². The van der Waals surface area contributed by atoms with Crippen molar-refractivity contribution in [3.8, 4) is 11.6 Å². The van der Waals surface area contributed by atoms with Gasteiger partial charge < -0.3 is 24.8 Å². The second kappa shape index (κ2) is 16.0. The number of nitrogens with one attached hydrogen (secondary N) is 2. The summed E-state index contributed by atoms with van der Waals surface area (Å²) in [6.07, 6.45) is 3.65. The van der Waals surface area contributed by atoms with Crippen molar-refractivity contribution in [3.63, 3.8) is 0 Å². The van der Waals surface area contributed by atoms with Crippen molar-refractivity contribution in [1.82, 2.24) is 24.8 Å². The van der Waals surface area contributed by atoms with Crippen LogP contribution in [-0.2, 0) is 24.4 Å². The summed E-state index contributed by atoms with van der Waals surface area (Å²) in [4.78, 5) is 64.0. The number of pyridine rings is 1. The molecule has 1 unspecified atom stereocenters. The fourth-order valence-corrected chi connectivity index (χ4v) is 9.89. The van der Waals surface area contributed by atoms with E-state index in [0.29, 0.717) is 54.4 Å². The van der Waals surface area contributed by atoms with Crippen molar-refractivity contribution >= 4 is 50.4 Å². The second-order valence-corrected chi connectivity index (χ2v) is 19.2. The largest absolute Gasteiger partial charge is 0.497 e. The summed E-state index contributed by atoms with van der Waals surface area (Å²) in [5.74, 6) is -4.37. The molecule has 2 aliphatic carbocycles. The third-order valence-electron chi connectivity index (χ3n) is 12.5. The van der Waals surface area contributed by atoms with Crippen LogP contribution in [0.3, 0.4) is 0 Å². The summed E-state index contributed by atoms with van der Waals surface area (Å²) in [5, 5.41) is 13.3. The lowest BCUT2D eigenvalue weighted by atomic mass is 9.86. The van der Waals surface area contributed by atoms with Gasteiger partial charge in [0.2, 0.25) is 21.8 Å². The molecule has 6 rings (SSSR count). The third kappa shape index (κ3) is 8.25. The quantitative estimate of drug-likeness (QED) is 0.209. The molecule has 3 fully saturated rings. The number of aromatic nitrogens is 1. The number of amides is 4. The summed E-state index contributed by atoms with van der Waals surface area (Å²) in [6, 6.07) is -2.11. The summed E-state index contributed by atoms with van der Waals surface area (Å²) in [6.45, 7) is 7.95. The van der Waals surface area contributed by atoms with Gasteiger partial charge in [0, 0.05) is 37.9 Å². The van der Waals surface area contributed by atoms with Crippen LogP contribution in [0.2, 0.25) is 0 Å². The van der Waals surface area contributed by atoms with Crippen molar-refractivity contribution in [3.05, 3.63) is 36.4 Å². The van der Waals surface area contributed by atoms with E-state index in [2.05, 4.69) is 15.0 Å². The Balaban J connectivity index is 1.50. The predicted molar refractivity (Wildman–Crippen MR) is 216 cm³/mol. The molecule has 3 N–H and O–H groups in total. The van der Waals surface area contributed by atoms with E-state index in [9.17, 15) is 27.9 Å². The van der Waals surface area contributed by atoms with Gasteiger partial charge in [-0.15, -0.1) is 0 Å². The molecule has 0 bridgehead atoms. The maximum Gasteiger partial charge on any atom is 0.408 e. The van der Waals surface area contributed by atoms with Crippen molar-refractivity contribution < 1.29 is 51.0 Å². The molecule has 3 heterocycles. The smallest absolute Gasteiger partial charge is 0.408 e. The van der Waals surface area contributed by atoms with Crippen LogP contribution in [-0.4, -0.2) is 114 Å². The highest BCUT2D eigenvalue weighted by Gasteiger charge is 2.71. The minimum Gasteiger partial charge on any atom is -0.497 e. The van der Waals surface area contributed by atoms with Gasteiger partial charge in [0.1, 0.15) is 29.2 Å². The molecule has 2 aromatic rings. The van der Waals surface area contributed by atoms with E-state index in [-0.39, 0.29) is 29.5 Å². The monoisotopic (exact) mass is 846 g/mol. The molecule has 18 heteroatoms. The van der Waals surface area contributed by atoms with Crippen LogP contribution < -0.4 is 24.4 Å². The fraction of sp³-hybridized carbons (Fsp3) is 0.634. The van der Waals surface area contributed by atoms with Crippen molar-refractivity contribution in [1.29, 1.82) is 0 Å². The lowest BCUT2D eigenvalue weighted by molar-refractivity contribution is -0.219. The Hall–Kier alpha value is -4.74. The number of alkyl halides is 2. The van der Waals surface area contributed by atoms with E-state index < -0.39 is 92.7 Å². The molecule has 1 saturated heterocycles. The van der Waals surface area contributed by atoms with Gasteiger partial charge in [0.05, 0.1) is 12.4 Å². The van der Waals surface area contributed by atoms with Crippen LogP contribution >= 0.6 is 0 Å². The minimum atomic E-state index is -4.29. The second-order valence-electron chi connectivity index (χ2n) is 17.2. The number of halogens is 2. The normalized spacial score (nSPS) is 30.7. The number of carboxylic acid groups (broad SMARTS) is 1. The highest BCUT2D eigenvalue weighted by atomic mass is 32.2. The van der Waals surface area contributed by atoms with E-state index >= 15 is 13.6 Å². The SMILES string of the molecule is CCC(C)N(C(=O)O)[C@@H]1C(=O)N2[C@@H](C[C@@](C)(Oc3nc(N(C)C)cc4cc(OC)ccc34)C2(F)F)C(=O)N[C@]2(C(=O)NS(=O)(=O)C3CC3)C[C@H]2/C=C\CC[C@@H](C)C[C@H]1C. The van der Waals surface area contributed by atoms with Gasteiger partial charge in [-0.05, 0) is 100 Å². The van der Waals surface area contributed by atoms with E-state index in [1.807, 2.05) is 13.0 Å². The molecule has 15 nitrogen and oxygen atoms in total. The van der Waals surface area contributed by atoms with Crippen LogP contribution in [0, 0.1) is 17.8 Å². The molecule has 0 spiro atoms. The number of methoxy groups -OCH3 is 1. The molecule has 4 amide bonds. The van der Waals surface area contributed by atoms with E-state index in [1.54, 1.807) is 70.1 Å². The number of sulfonamides is 1. The molecule has 1 aromatic carbocycles. The minimum absolute atomic E-state index is 0.0151. The van der Waals surface area contributed by atoms with Gasteiger partial charge in [-0.25, -0.2) is 13.2 Å². The van der Waals surface area contributed by atoms with Gasteiger partial charge in [-0.1, -0.05) is 32.9 Å². The number of rotatable bonds is 10. The summed E-state index contributed by atoms with van der Waals surface area (Å²) in [7, 11) is 0.831. The first kappa shape index (κ1) is 43.8. The maximum atomic E-state index is 17.8. The van der Waals surface area contributed by atoms with Gasteiger partial charge in [0.15, 0.2) is 5.60 Å². The van der Waals surface area contributed by atoms with Crippen molar-refractivity contribution in [2.45, 2.75) is 127 Å². The Labute approximate surface area is 343 Å². The molecule has 59 heavy (non-hydrogen) atoms. The number of allylic oxidation sites excluding steroid dienone is 1. The lowest BCUT2D eigenvalue weighted by Crippen LogP contribution is -2.64. The number of benzene rings is 1. The molecule has 1 aromatic heterocycles. The molecule has 324 valence electrons. The number of fused-ring (bicyclic) bond motifs is 3. The predicted octanol–water partition coefficient (Wildman–Crippen LogP) is 5.28. The molecule has 8 atom stereocenters. The average Bonchev–Trinajstić information content (AvgIpc) is 4.09. The maximum absolute atomic E-state index is 17.8. The highest BCUT2D eigenvalue weighted by Crippen LogP contribution is 2.51. The Morgan fingerprint density at radius 2 is 1.83 bits per heavy atom. The Kier molecular flexibility index (Phi) is 11.9. The first-order chi connectivity index (χ1) is 27.6. The van der Waals surface area contributed by atoms with Gasteiger partial charge in [-0.3, -0.25) is 28.9 Å². The Morgan fingerprint density at radius 3 is 2.44 bits per heavy atom. The first-order valence-electron chi connectivity index (χ1n) is 20.2. The molecular formula is C41H56F2N6O9S. The Morgan fingerprint density at radius 1 is 1.14 bits per heavy atom. The zero-order valence-corrected chi connectivity index (χ0v) is 35.6. The van der Waals surface area contributed by atoms with Crippen LogP contribution in [0.4, 0.5) is 19.4 Å². The van der Waals surface area contributed by atoms with Crippen molar-refractivity contribution in [2.75, 3.05) is 26.1 Å². The number of hydrogen-bond donors (Lipinski definition) is 3. The number of ether oxygens (including phenoxy) is 2. The topological polar surface area (TPSA) is 188 Å². The summed E-state index contributed by atoms with van der Waals surface area (Å²) < 4.78 is 75.2. The molecular weight excluding hydrogens is 791 g/mol. The van der Waals surface area contributed by atoms with Gasteiger partial charge in [0.25, 0.3) is 11.8 Å². The zero-order valence-electron chi connectivity index (χ0n) is 34.8. The fourth-order valence-electron chi connectivity index (χ4n) is 8.52. The average molecular weight is 847 g/mol. The summed E-state index contributed by atoms with van der Waals surface area (Å²) >= 11 is 0. The lowest BCUT2D eigenvalue weighted by Gasteiger charge is -2.42. The van der Waals surface area contributed by atoms with E-state index in [1.165, 1.54) is 7.11 Å². The first-order valence-corrected chi connectivity index (χ1v) is 21.8. The molecule has 4 aliphatic rings. The molecule has 2 saturated carbocycles. The van der Waals surface area contributed by atoms with Crippen LogP contribution in [0.1, 0.15) is 86.0 Å². The summed E-state index contributed by atoms with van der Waals surface area (Å²) in [5.41, 5.74) is -4.47. The van der Waals surface area contributed by atoms with E-state index in [4.69, 9.17) is 9.47 Å². The standard InChI is InChI=1S/C41H56F2N6O9S/c1-9-25(4)48(38(53)54)33-24(3)18-23(2)12-10-11-13-27-21-40(27,37(52)46-59(55,56)29-15-16-29)45-34(50)31-22-39(5,41(42,43)49(31)36(33)51)58-35-30-17-14-28(57-8)19-26(30)20-32(44-35)47(6)7/h11,13-14,17,19-20,23-25,27,29,31,33H,9-10,12,15-16,18,21-22H2,1-8H3,(H,45,50)(H,46,52)(H,53,54)/b13-11-/t23-,24-,25?,27-,31+,33+,39-,40-/m1/s1. The molecule has 0 radical (unpaired) electrons. The number of hydrogen-bond acceptors (Lipinski definition) is 10. The van der Waals surface area contributed by atoms with Gasteiger partial charge in [-0.2, -0.15) is 13.8 Å². The Bertz CT molecular complexity index is 2130. The van der Waals surface area contributed by atoms with Crippen LogP contribution in [0.25, 0.3) is 10.8 Å². The zero-order chi connectivity index (χ0) is 43.4. The number of anilines is 1. The number of carbonyl (C=O) groups is 4. The highest BCUT2D eigenvalue weighted by molar-refractivity contribution is 7.91. The number of carbonyl (C=O) groups excluding carboxylic acids is 3. The van der Waals surface area contributed by atoms with Crippen LogP contribution in [0.15, 0.2) is 36.4 Å². The van der Waals surface area contributed by atoms with Crippen molar-refractivity contribution in [2.24, 2.45) is 17.8 Å². The number of nitrogens with zero attached hydrogens (tertiary/aromatic N) is 4. The van der Waals surface area contributed by atoms with Crippen LogP contribution in [0.5, 0.6) is 11.6 Å².